The summed E-state index contributed by atoms with van der Waals surface area (Å²) in [5, 5.41) is 0.385. The second-order valence-corrected chi connectivity index (χ2v) is 7.67. The van der Waals surface area contributed by atoms with E-state index in [2.05, 4.69) is 0 Å². The molecule has 3 aromatic rings. The predicted molar refractivity (Wildman–Crippen MR) is 116 cm³/mol. The smallest absolute Gasteiger partial charge is 0.260 e. The zero-order chi connectivity index (χ0) is 21.8. The quantitative estimate of drug-likeness (QED) is 0.554. The van der Waals surface area contributed by atoms with Crippen LogP contribution in [0.4, 0.5) is 0 Å². The highest BCUT2D eigenvalue weighted by atomic mass is 16.5. The molecule has 0 aliphatic heterocycles. The van der Waals surface area contributed by atoms with Gasteiger partial charge in [0.05, 0.1) is 5.39 Å². The Labute approximate surface area is 176 Å². The van der Waals surface area contributed by atoms with Crippen molar-refractivity contribution in [3.05, 3.63) is 64.5 Å². The maximum absolute atomic E-state index is 12.9. The normalized spacial score (nSPS) is 11.2. The Hall–Kier alpha value is -3.28. The molecule has 0 aliphatic carbocycles. The van der Waals surface area contributed by atoms with E-state index >= 15 is 0 Å². The lowest BCUT2D eigenvalue weighted by molar-refractivity contribution is -0.136. The number of amides is 1. The molecule has 158 valence electrons. The minimum Gasteiger partial charge on any atom is -0.484 e. The second kappa shape index (κ2) is 9.03. The van der Waals surface area contributed by atoms with Crippen LogP contribution in [0, 0.1) is 6.92 Å². The molecule has 0 radical (unpaired) electrons. The molecular formula is C24H27NO5. The maximum atomic E-state index is 12.9. The van der Waals surface area contributed by atoms with Gasteiger partial charge < -0.3 is 18.8 Å². The minimum atomic E-state index is -0.258. The average Bonchev–Trinajstić information content (AvgIpc) is 2.69. The number of benzene rings is 2. The van der Waals surface area contributed by atoms with Crippen LogP contribution < -0.4 is 14.9 Å². The lowest BCUT2D eigenvalue weighted by Gasteiger charge is -2.30. The Kier molecular flexibility index (Phi) is 6.45. The maximum Gasteiger partial charge on any atom is 0.260 e. The molecule has 2 aromatic carbocycles. The first-order valence-corrected chi connectivity index (χ1v) is 10.0. The first-order chi connectivity index (χ1) is 14.3. The van der Waals surface area contributed by atoms with Crippen molar-refractivity contribution in [3.8, 4) is 17.2 Å². The van der Waals surface area contributed by atoms with Gasteiger partial charge in [0, 0.05) is 18.2 Å². The number of hydrogen-bond donors (Lipinski definition) is 0. The van der Waals surface area contributed by atoms with Crippen LogP contribution in [0.15, 0.2) is 57.7 Å². The van der Waals surface area contributed by atoms with Crippen LogP contribution in [-0.4, -0.2) is 29.5 Å². The summed E-state index contributed by atoms with van der Waals surface area (Å²) in [7, 11) is 0. The van der Waals surface area contributed by atoms with Crippen LogP contribution in [0.2, 0.25) is 0 Å². The molecule has 0 fully saturated rings. The van der Waals surface area contributed by atoms with Gasteiger partial charge in [-0.3, -0.25) is 9.59 Å². The fourth-order valence-corrected chi connectivity index (χ4v) is 3.47. The van der Waals surface area contributed by atoms with E-state index in [1.807, 2.05) is 45.9 Å². The van der Waals surface area contributed by atoms with Crippen LogP contribution in [0.1, 0.15) is 33.5 Å². The molecule has 3 rings (SSSR count). The monoisotopic (exact) mass is 409 g/mol. The van der Waals surface area contributed by atoms with Gasteiger partial charge in [0.15, 0.2) is 6.61 Å². The van der Waals surface area contributed by atoms with E-state index in [0.29, 0.717) is 28.2 Å². The first-order valence-electron chi connectivity index (χ1n) is 10.0. The van der Waals surface area contributed by atoms with Gasteiger partial charge >= 0.3 is 0 Å². The zero-order valence-corrected chi connectivity index (χ0v) is 18.0. The molecule has 0 saturated carbocycles. The number of carbonyl (C=O) groups is 1. The molecule has 0 unspecified atom stereocenters. The lowest BCUT2D eigenvalue weighted by Crippen LogP contribution is -2.44. The van der Waals surface area contributed by atoms with E-state index in [0.717, 1.165) is 0 Å². The largest absolute Gasteiger partial charge is 0.484 e. The molecule has 0 aliphatic rings. The Balaban J connectivity index is 1.82. The molecule has 1 amide bonds. The number of carbonyl (C=O) groups excluding carboxylic acids is 1. The van der Waals surface area contributed by atoms with Gasteiger partial charge in [-0.15, -0.1) is 0 Å². The Morgan fingerprint density at radius 3 is 2.30 bits per heavy atom. The minimum absolute atomic E-state index is 0.0831. The van der Waals surface area contributed by atoms with Crippen molar-refractivity contribution in [3.63, 3.8) is 0 Å². The third-order valence-electron chi connectivity index (χ3n) is 4.71. The average molecular weight is 409 g/mol. The molecule has 0 bridgehead atoms. The van der Waals surface area contributed by atoms with Crippen molar-refractivity contribution in [2.24, 2.45) is 0 Å². The third kappa shape index (κ3) is 4.64. The fraction of sp³-hybridized carbons (Fsp3) is 0.333. The molecule has 0 saturated heterocycles. The molecule has 0 atom stereocenters. The van der Waals surface area contributed by atoms with Gasteiger partial charge in [0.1, 0.15) is 22.8 Å². The van der Waals surface area contributed by atoms with E-state index < -0.39 is 0 Å². The topological polar surface area (TPSA) is 69.0 Å². The number of nitrogens with zero attached hydrogens (tertiary/aromatic N) is 1. The number of aryl methyl sites for hydroxylation is 1. The summed E-state index contributed by atoms with van der Waals surface area (Å²) in [5.41, 5.74) is 0.124. The standard InChI is InChI=1S/C24H27NO5/c1-15(2)25(16(3)4)22(26)14-28-19-11-12-20-21(13-19)29-17(5)24(23(20)27)30-18-9-7-6-8-10-18/h6-13,15-16H,14H2,1-5H3. The molecule has 6 nitrogen and oxygen atoms in total. The summed E-state index contributed by atoms with van der Waals surface area (Å²) < 4.78 is 17.2. The van der Waals surface area contributed by atoms with Crippen molar-refractivity contribution >= 4 is 16.9 Å². The summed E-state index contributed by atoms with van der Waals surface area (Å²) in [5.74, 6) is 1.45. The van der Waals surface area contributed by atoms with Crippen LogP contribution in [0.3, 0.4) is 0 Å². The van der Waals surface area contributed by atoms with Gasteiger partial charge in [-0.1, -0.05) is 18.2 Å². The Morgan fingerprint density at radius 1 is 1.00 bits per heavy atom. The zero-order valence-electron chi connectivity index (χ0n) is 18.0. The second-order valence-electron chi connectivity index (χ2n) is 7.67. The van der Waals surface area contributed by atoms with Gasteiger partial charge in [0.2, 0.25) is 11.2 Å². The van der Waals surface area contributed by atoms with E-state index in [-0.39, 0.29) is 35.8 Å². The molecule has 30 heavy (non-hydrogen) atoms. The van der Waals surface area contributed by atoms with Gasteiger partial charge in [-0.05, 0) is 58.9 Å². The van der Waals surface area contributed by atoms with Crippen LogP contribution in [-0.2, 0) is 4.79 Å². The number of hydrogen-bond acceptors (Lipinski definition) is 5. The van der Waals surface area contributed by atoms with E-state index in [4.69, 9.17) is 13.9 Å². The van der Waals surface area contributed by atoms with Crippen molar-refractivity contribution in [2.45, 2.75) is 46.7 Å². The van der Waals surface area contributed by atoms with E-state index in [1.165, 1.54) is 0 Å². The van der Waals surface area contributed by atoms with Gasteiger partial charge in [-0.25, -0.2) is 0 Å². The summed E-state index contributed by atoms with van der Waals surface area (Å²) in [6.45, 7) is 9.49. The SMILES string of the molecule is Cc1oc2cc(OCC(=O)N(C(C)C)C(C)C)ccc2c(=O)c1Oc1ccccc1. The highest BCUT2D eigenvalue weighted by Gasteiger charge is 2.21. The summed E-state index contributed by atoms with van der Waals surface area (Å²) >= 11 is 0. The van der Waals surface area contributed by atoms with Gasteiger partial charge in [0.25, 0.3) is 5.91 Å². The fourth-order valence-electron chi connectivity index (χ4n) is 3.47. The number of fused-ring (bicyclic) bond motifs is 1. The Bertz CT molecular complexity index is 1080. The van der Waals surface area contributed by atoms with Crippen LogP contribution in [0.5, 0.6) is 17.2 Å². The third-order valence-corrected chi connectivity index (χ3v) is 4.71. The molecular weight excluding hydrogens is 382 g/mol. The Morgan fingerprint density at radius 2 is 1.67 bits per heavy atom. The first kappa shape index (κ1) is 21.4. The summed E-state index contributed by atoms with van der Waals surface area (Å²) in [4.78, 5) is 27.2. The predicted octanol–water partition coefficient (Wildman–Crippen LogP) is 4.92. The molecule has 0 spiro atoms. The molecule has 1 heterocycles. The highest BCUT2D eigenvalue weighted by molar-refractivity contribution is 5.81. The molecule has 6 heteroatoms. The lowest BCUT2D eigenvalue weighted by atomic mass is 10.2. The number of para-hydroxylation sites is 1. The van der Waals surface area contributed by atoms with E-state index in [9.17, 15) is 9.59 Å². The van der Waals surface area contributed by atoms with Crippen molar-refractivity contribution in [1.29, 1.82) is 0 Å². The summed E-state index contributed by atoms with van der Waals surface area (Å²) in [6.07, 6.45) is 0. The van der Waals surface area contributed by atoms with E-state index in [1.54, 1.807) is 42.2 Å². The van der Waals surface area contributed by atoms with Crippen molar-refractivity contribution < 1.29 is 18.7 Å². The molecule has 0 N–H and O–H groups in total. The van der Waals surface area contributed by atoms with Crippen LogP contribution in [0.25, 0.3) is 11.0 Å². The molecule has 1 aromatic heterocycles. The highest BCUT2D eigenvalue weighted by Crippen LogP contribution is 2.27. The van der Waals surface area contributed by atoms with Gasteiger partial charge in [-0.2, -0.15) is 0 Å². The van der Waals surface area contributed by atoms with Crippen LogP contribution >= 0.6 is 0 Å². The number of rotatable bonds is 7. The van der Waals surface area contributed by atoms with Crippen molar-refractivity contribution in [2.75, 3.05) is 6.61 Å². The summed E-state index contributed by atoms with van der Waals surface area (Å²) in [6, 6.07) is 14.2. The van der Waals surface area contributed by atoms with Crippen molar-refractivity contribution in [1.82, 2.24) is 4.90 Å². The number of ether oxygens (including phenoxy) is 2.